The minimum atomic E-state index is -0.445. The van der Waals surface area contributed by atoms with Gasteiger partial charge < -0.3 is 5.32 Å². The van der Waals surface area contributed by atoms with Crippen LogP contribution in [0.5, 0.6) is 0 Å². The highest BCUT2D eigenvalue weighted by Gasteiger charge is 2.05. The van der Waals surface area contributed by atoms with Gasteiger partial charge in [0.25, 0.3) is 0 Å². The molecule has 5 heteroatoms. The molecule has 106 valence electrons. The molecule has 0 amide bonds. The third kappa shape index (κ3) is 3.08. The van der Waals surface area contributed by atoms with E-state index in [4.69, 9.17) is 0 Å². The summed E-state index contributed by atoms with van der Waals surface area (Å²) in [7, 11) is 0. The summed E-state index contributed by atoms with van der Waals surface area (Å²) in [6.07, 6.45) is 1.68. The number of aromatic nitrogens is 2. The van der Waals surface area contributed by atoms with Crippen molar-refractivity contribution < 1.29 is 8.78 Å². The van der Waals surface area contributed by atoms with Gasteiger partial charge in [0.05, 0.1) is 5.69 Å². The van der Waals surface area contributed by atoms with Crippen molar-refractivity contribution in [3.8, 4) is 11.3 Å². The number of anilines is 1. The summed E-state index contributed by atoms with van der Waals surface area (Å²) < 4.78 is 26.7. The minimum absolute atomic E-state index is 0.218. The molecule has 1 heterocycles. The monoisotopic (exact) mass is 285 g/mol. The second-order valence-electron chi connectivity index (χ2n) is 4.64. The van der Waals surface area contributed by atoms with Crippen molar-refractivity contribution in [2.24, 2.45) is 0 Å². The summed E-state index contributed by atoms with van der Waals surface area (Å²) in [5.41, 5.74) is 2.99. The summed E-state index contributed by atoms with van der Waals surface area (Å²) in [4.78, 5) is 0. The van der Waals surface area contributed by atoms with E-state index in [1.165, 1.54) is 6.07 Å². The van der Waals surface area contributed by atoms with E-state index in [-0.39, 0.29) is 6.54 Å². The molecule has 0 atom stereocenters. The molecule has 0 fully saturated rings. The standard InChI is InChI=1S/C16H13F2N3/c17-13-4-5-15(18)12(8-13)10-19-14-3-1-2-11(9-14)16-6-7-20-21-16/h1-9,19H,10H2,(H,20,21). The van der Waals surface area contributed by atoms with Crippen LogP contribution in [0.3, 0.4) is 0 Å². The molecule has 0 bridgehead atoms. The fourth-order valence-corrected chi connectivity index (χ4v) is 2.09. The zero-order chi connectivity index (χ0) is 14.7. The first kappa shape index (κ1) is 13.3. The van der Waals surface area contributed by atoms with E-state index in [9.17, 15) is 8.78 Å². The van der Waals surface area contributed by atoms with Gasteiger partial charge in [-0.05, 0) is 36.4 Å². The molecular weight excluding hydrogens is 272 g/mol. The molecule has 1 aromatic heterocycles. The molecule has 3 rings (SSSR count). The quantitative estimate of drug-likeness (QED) is 0.761. The van der Waals surface area contributed by atoms with Gasteiger partial charge in [-0.15, -0.1) is 0 Å². The maximum absolute atomic E-state index is 13.6. The number of halogens is 2. The van der Waals surface area contributed by atoms with E-state index in [1.807, 2.05) is 30.3 Å². The van der Waals surface area contributed by atoms with Crippen molar-refractivity contribution in [2.75, 3.05) is 5.32 Å². The Morgan fingerprint density at radius 2 is 1.95 bits per heavy atom. The molecule has 0 aliphatic heterocycles. The summed E-state index contributed by atoms with van der Waals surface area (Å²) in [5, 5.41) is 9.88. The van der Waals surface area contributed by atoms with E-state index in [2.05, 4.69) is 15.5 Å². The van der Waals surface area contributed by atoms with E-state index >= 15 is 0 Å². The number of hydrogen-bond acceptors (Lipinski definition) is 2. The molecule has 21 heavy (non-hydrogen) atoms. The van der Waals surface area contributed by atoms with Gasteiger partial charge in [0.1, 0.15) is 11.6 Å². The van der Waals surface area contributed by atoms with Crippen molar-refractivity contribution in [2.45, 2.75) is 6.54 Å². The fourth-order valence-electron chi connectivity index (χ4n) is 2.09. The third-order valence-corrected chi connectivity index (χ3v) is 3.17. The molecule has 0 saturated heterocycles. The molecule has 0 spiro atoms. The Hall–Kier alpha value is -2.69. The molecule has 0 aliphatic rings. The average Bonchev–Trinajstić information content (AvgIpc) is 3.03. The lowest BCUT2D eigenvalue weighted by Crippen LogP contribution is -2.02. The summed E-state index contributed by atoms with van der Waals surface area (Å²) >= 11 is 0. The molecule has 0 radical (unpaired) electrons. The molecule has 0 aliphatic carbocycles. The molecule has 2 aromatic carbocycles. The Morgan fingerprint density at radius 3 is 2.76 bits per heavy atom. The summed E-state index contributed by atoms with van der Waals surface area (Å²) in [6, 6.07) is 12.9. The Bertz CT molecular complexity index is 739. The molecule has 0 saturated carbocycles. The predicted octanol–water partition coefficient (Wildman–Crippen LogP) is 3.97. The van der Waals surface area contributed by atoms with Gasteiger partial charge in [0.2, 0.25) is 0 Å². The molecular formula is C16H13F2N3. The van der Waals surface area contributed by atoms with Gasteiger partial charge in [0, 0.05) is 29.6 Å². The number of hydrogen-bond donors (Lipinski definition) is 2. The number of H-pyrrole nitrogens is 1. The van der Waals surface area contributed by atoms with Gasteiger partial charge in [-0.2, -0.15) is 5.10 Å². The lowest BCUT2D eigenvalue weighted by Gasteiger charge is -2.09. The Morgan fingerprint density at radius 1 is 1.05 bits per heavy atom. The van der Waals surface area contributed by atoms with Crippen molar-refractivity contribution in [1.29, 1.82) is 0 Å². The van der Waals surface area contributed by atoms with E-state index < -0.39 is 11.6 Å². The van der Waals surface area contributed by atoms with Gasteiger partial charge >= 0.3 is 0 Å². The van der Waals surface area contributed by atoms with Crippen molar-refractivity contribution >= 4 is 5.69 Å². The molecule has 2 N–H and O–H groups in total. The third-order valence-electron chi connectivity index (χ3n) is 3.17. The topological polar surface area (TPSA) is 40.7 Å². The Labute approximate surface area is 120 Å². The van der Waals surface area contributed by atoms with Crippen molar-refractivity contribution in [1.82, 2.24) is 10.2 Å². The van der Waals surface area contributed by atoms with Crippen LogP contribution in [0.1, 0.15) is 5.56 Å². The summed E-state index contributed by atoms with van der Waals surface area (Å²) in [5.74, 6) is -0.868. The Balaban J connectivity index is 1.76. The number of nitrogens with one attached hydrogen (secondary N) is 2. The van der Waals surface area contributed by atoms with Crippen LogP contribution in [0.2, 0.25) is 0 Å². The first-order valence-electron chi connectivity index (χ1n) is 6.50. The van der Waals surface area contributed by atoms with Gasteiger partial charge in [-0.25, -0.2) is 8.78 Å². The van der Waals surface area contributed by atoms with Crippen molar-refractivity contribution in [3.63, 3.8) is 0 Å². The number of benzene rings is 2. The van der Waals surface area contributed by atoms with E-state index in [1.54, 1.807) is 6.20 Å². The number of rotatable bonds is 4. The van der Waals surface area contributed by atoms with Gasteiger partial charge in [-0.3, -0.25) is 5.10 Å². The lowest BCUT2D eigenvalue weighted by atomic mass is 10.1. The van der Waals surface area contributed by atoms with Crippen LogP contribution in [-0.2, 0) is 6.54 Å². The highest BCUT2D eigenvalue weighted by Crippen LogP contribution is 2.21. The van der Waals surface area contributed by atoms with Crippen LogP contribution in [-0.4, -0.2) is 10.2 Å². The first-order valence-corrected chi connectivity index (χ1v) is 6.50. The first-order chi connectivity index (χ1) is 10.2. The van der Waals surface area contributed by atoms with Crippen LogP contribution < -0.4 is 5.32 Å². The van der Waals surface area contributed by atoms with Crippen LogP contribution in [0.4, 0.5) is 14.5 Å². The lowest BCUT2D eigenvalue weighted by molar-refractivity contribution is 0.587. The normalized spacial score (nSPS) is 10.6. The van der Waals surface area contributed by atoms with Crippen LogP contribution >= 0.6 is 0 Å². The highest BCUT2D eigenvalue weighted by molar-refractivity contribution is 5.64. The number of aromatic amines is 1. The van der Waals surface area contributed by atoms with Crippen LogP contribution in [0.15, 0.2) is 54.7 Å². The van der Waals surface area contributed by atoms with Gasteiger partial charge in [-0.1, -0.05) is 12.1 Å². The average molecular weight is 285 g/mol. The van der Waals surface area contributed by atoms with Crippen LogP contribution in [0, 0.1) is 11.6 Å². The van der Waals surface area contributed by atoms with Crippen LogP contribution in [0.25, 0.3) is 11.3 Å². The largest absolute Gasteiger partial charge is 0.381 e. The van der Waals surface area contributed by atoms with E-state index in [0.717, 1.165) is 29.1 Å². The Kier molecular flexibility index (Phi) is 3.64. The number of nitrogens with zero attached hydrogens (tertiary/aromatic N) is 1. The van der Waals surface area contributed by atoms with Gasteiger partial charge in [0.15, 0.2) is 0 Å². The highest BCUT2D eigenvalue weighted by atomic mass is 19.1. The predicted molar refractivity (Wildman–Crippen MR) is 77.7 cm³/mol. The minimum Gasteiger partial charge on any atom is -0.381 e. The zero-order valence-corrected chi connectivity index (χ0v) is 11.1. The second-order valence-corrected chi connectivity index (χ2v) is 4.64. The molecule has 0 unspecified atom stereocenters. The van der Waals surface area contributed by atoms with Crippen molar-refractivity contribution in [3.05, 3.63) is 71.9 Å². The fraction of sp³-hybridized carbons (Fsp3) is 0.0625. The smallest absolute Gasteiger partial charge is 0.128 e. The maximum atomic E-state index is 13.6. The summed E-state index contributed by atoms with van der Waals surface area (Å²) in [6.45, 7) is 0.218. The maximum Gasteiger partial charge on any atom is 0.128 e. The second kappa shape index (κ2) is 5.75. The zero-order valence-electron chi connectivity index (χ0n) is 11.1. The SMILES string of the molecule is Fc1ccc(F)c(CNc2cccc(-c3ccn[nH]3)c2)c1. The molecule has 3 nitrogen and oxygen atoms in total. The van der Waals surface area contributed by atoms with E-state index in [0.29, 0.717) is 5.56 Å². The molecule has 3 aromatic rings.